The largest absolute Gasteiger partial charge is 0.383 e. The van der Waals surface area contributed by atoms with E-state index in [0.29, 0.717) is 19.1 Å². The molecule has 1 saturated carbocycles. The number of primary amides is 1. The lowest BCUT2D eigenvalue weighted by Crippen LogP contribution is -2.63. The molecule has 0 aromatic rings. The van der Waals surface area contributed by atoms with Crippen molar-refractivity contribution in [2.24, 2.45) is 11.7 Å². The Morgan fingerprint density at radius 3 is 2.61 bits per heavy atom. The molecule has 0 bridgehead atoms. The van der Waals surface area contributed by atoms with E-state index < -0.39 is 5.54 Å². The Morgan fingerprint density at radius 1 is 1.61 bits per heavy atom. The van der Waals surface area contributed by atoms with Gasteiger partial charge in [0, 0.05) is 19.7 Å². The van der Waals surface area contributed by atoms with Gasteiger partial charge in [0.2, 0.25) is 5.91 Å². The number of methoxy groups -OCH3 is 1. The summed E-state index contributed by atoms with van der Waals surface area (Å²) in [4.78, 5) is 14.1. The number of hydrogen-bond donors (Lipinski definition) is 2. The minimum Gasteiger partial charge on any atom is -0.383 e. The van der Waals surface area contributed by atoms with Crippen LogP contribution in [0.3, 0.4) is 0 Å². The van der Waals surface area contributed by atoms with E-state index in [2.05, 4.69) is 17.1 Å². The highest BCUT2D eigenvalue weighted by molar-refractivity contribution is 5.86. The molecule has 0 aromatic carbocycles. The van der Waals surface area contributed by atoms with Gasteiger partial charge in [0.25, 0.3) is 0 Å². The predicted octanol–water partition coefficient (Wildman–Crippen LogP) is 0.197. The normalized spacial score (nSPS) is 20.7. The molecule has 1 aliphatic rings. The van der Waals surface area contributed by atoms with Crippen LogP contribution in [0.15, 0.2) is 0 Å². The fourth-order valence-electron chi connectivity index (χ4n) is 2.50. The number of ether oxygens (including phenoxy) is 1. The fraction of sp³-hybridized carbons (Fsp3) is 0.923. The second-order valence-corrected chi connectivity index (χ2v) is 5.36. The van der Waals surface area contributed by atoms with Gasteiger partial charge >= 0.3 is 0 Å². The van der Waals surface area contributed by atoms with E-state index in [1.165, 1.54) is 0 Å². The van der Waals surface area contributed by atoms with E-state index in [1.807, 2.05) is 14.0 Å². The van der Waals surface area contributed by atoms with Crippen molar-refractivity contribution in [1.82, 2.24) is 10.2 Å². The molecule has 0 saturated heterocycles. The first-order chi connectivity index (χ1) is 8.47. The number of rotatable bonds is 9. The molecular formula is C13H27N3O2. The summed E-state index contributed by atoms with van der Waals surface area (Å²) in [6, 6.07) is 0.270. The summed E-state index contributed by atoms with van der Waals surface area (Å²) in [6.07, 6.45) is 2.17. The van der Waals surface area contributed by atoms with Crippen molar-refractivity contribution in [3.63, 3.8) is 0 Å². The molecule has 1 amide bonds. The number of nitrogens with zero attached hydrogens (tertiary/aromatic N) is 1. The standard InChI is InChI=1S/C13H27N3O2/c1-5-15-13(12(14)17,11-6-7-11)9-16(3)10(2)8-18-4/h10-11,15H,5-9H2,1-4H3,(H2,14,17). The third kappa shape index (κ3) is 3.43. The van der Waals surface area contributed by atoms with Crippen LogP contribution in [-0.4, -0.2) is 56.2 Å². The van der Waals surface area contributed by atoms with Gasteiger partial charge in [-0.05, 0) is 39.3 Å². The molecule has 1 fully saturated rings. The lowest BCUT2D eigenvalue weighted by atomic mass is 9.91. The second kappa shape index (κ2) is 6.50. The summed E-state index contributed by atoms with van der Waals surface area (Å²) in [5.74, 6) is 0.149. The quantitative estimate of drug-likeness (QED) is 0.619. The average Bonchev–Trinajstić information content (AvgIpc) is 3.12. The molecule has 0 aromatic heterocycles. The molecule has 106 valence electrons. The fourth-order valence-corrected chi connectivity index (χ4v) is 2.50. The third-order valence-electron chi connectivity index (χ3n) is 3.87. The lowest BCUT2D eigenvalue weighted by molar-refractivity contribution is -0.126. The van der Waals surface area contributed by atoms with Gasteiger partial charge < -0.3 is 15.8 Å². The van der Waals surface area contributed by atoms with Gasteiger partial charge in [-0.3, -0.25) is 9.69 Å². The average molecular weight is 257 g/mol. The lowest BCUT2D eigenvalue weighted by Gasteiger charge is -2.37. The molecule has 5 nitrogen and oxygen atoms in total. The molecule has 0 radical (unpaired) electrons. The van der Waals surface area contributed by atoms with Crippen LogP contribution < -0.4 is 11.1 Å². The van der Waals surface area contributed by atoms with Gasteiger partial charge in [-0.25, -0.2) is 0 Å². The Balaban J connectivity index is 2.74. The topological polar surface area (TPSA) is 67.6 Å². The van der Waals surface area contributed by atoms with Crippen molar-refractivity contribution in [1.29, 1.82) is 0 Å². The Hall–Kier alpha value is -0.650. The highest BCUT2D eigenvalue weighted by Gasteiger charge is 2.50. The minimum atomic E-state index is -0.578. The van der Waals surface area contributed by atoms with E-state index in [4.69, 9.17) is 10.5 Å². The maximum Gasteiger partial charge on any atom is 0.239 e. The summed E-state index contributed by atoms with van der Waals surface area (Å²) < 4.78 is 5.16. The Kier molecular flexibility index (Phi) is 5.56. The first kappa shape index (κ1) is 15.4. The van der Waals surface area contributed by atoms with Crippen LogP contribution in [0.25, 0.3) is 0 Å². The SMILES string of the molecule is CCNC(CN(C)C(C)COC)(C(N)=O)C1CC1. The molecular weight excluding hydrogens is 230 g/mol. The molecule has 3 N–H and O–H groups in total. The third-order valence-corrected chi connectivity index (χ3v) is 3.87. The Labute approximate surface area is 110 Å². The molecule has 0 spiro atoms. The van der Waals surface area contributed by atoms with E-state index in [0.717, 1.165) is 19.4 Å². The van der Waals surface area contributed by atoms with Crippen molar-refractivity contribution in [3.8, 4) is 0 Å². The van der Waals surface area contributed by atoms with Crippen LogP contribution in [0.5, 0.6) is 0 Å². The van der Waals surface area contributed by atoms with Crippen LogP contribution in [0.1, 0.15) is 26.7 Å². The van der Waals surface area contributed by atoms with E-state index in [-0.39, 0.29) is 11.9 Å². The molecule has 5 heteroatoms. The van der Waals surface area contributed by atoms with Crippen LogP contribution in [0.2, 0.25) is 0 Å². The number of hydrogen-bond acceptors (Lipinski definition) is 4. The highest BCUT2D eigenvalue weighted by atomic mass is 16.5. The van der Waals surface area contributed by atoms with Gasteiger partial charge in [0.15, 0.2) is 0 Å². The van der Waals surface area contributed by atoms with Crippen molar-refractivity contribution >= 4 is 5.91 Å². The molecule has 2 unspecified atom stereocenters. The summed E-state index contributed by atoms with van der Waals surface area (Å²) in [5, 5.41) is 3.33. The number of amides is 1. The number of carbonyl (C=O) groups excluding carboxylic acids is 1. The van der Waals surface area contributed by atoms with Crippen molar-refractivity contribution in [3.05, 3.63) is 0 Å². The summed E-state index contributed by atoms with van der Waals surface area (Å²) in [7, 11) is 3.71. The maximum atomic E-state index is 11.9. The van der Waals surface area contributed by atoms with Crippen molar-refractivity contribution in [2.45, 2.75) is 38.3 Å². The molecule has 1 rings (SSSR count). The van der Waals surface area contributed by atoms with E-state index >= 15 is 0 Å². The summed E-state index contributed by atoms with van der Waals surface area (Å²) in [6.45, 7) is 6.16. The second-order valence-electron chi connectivity index (χ2n) is 5.36. The zero-order valence-corrected chi connectivity index (χ0v) is 12.0. The number of likely N-dealkylation sites (N-methyl/N-ethyl adjacent to an activating group) is 2. The molecule has 1 aliphatic carbocycles. The number of carbonyl (C=O) groups is 1. The van der Waals surface area contributed by atoms with Crippen molar-refractivity contribution < 1.29 is 9.53 Å². The first-order valence-corrected chi connectivity index (χ1v) is 6.72. The van der Waals surface area contributed by atoms with Crippen LogP contribution >= 0.6 is 0 Å². The predicted molar refractivity (Wildman–Crippen MR) is 72.3 cm³/mol. The monoisotopic (exact) mass is 257 g/mol. The van der Waals surface area contributed by atoms with Crippen LogP contribution in [0.4, 0.5) is 0 Å². The smallest absolute Gasteiger partial charge is 0.239 e. The van der Waals surface area contributed by atoms with Gasteiger partial charge in [-0.2, -0.15) is 0 Å². The number of nitrogens with one attached hydrogen (secondary N) is 1. The van der Waals surface area contributed by atoms with Crippen molar-refractivity contribution in [2.75, 3.05) is 33.9 Å². The molecule has 0 heterocycles. The maximum absolute atomic E-state index is 11.9. The Bertz CT molecular complexity index is 281. The van der Waals surface area contributed by atoms with Gasteiger partial charge in [-0.15, -0.1) is 0 Å². The van der Waals surface area contributed by atoms with Gasteiger partial charge in [0.05, 0.1) is 6.61 Å². The summed E-state index contributed by atoms with van der Waals surface area (Å²) in [5.41, 5.74) is 5.08. The highest BCUT2D eigenvalue weighted by Crippen LogP contribution is 2.40. The van der Waals surface area contributed by atoms with E-state index in [1.54, 1.807) is 7.11 Å². The minimum absolute atomic E-state index is 0.233. The molecule has 0 aliphatic heterocycles. The van der Waals surface area contributed by atoms with Crippen LogP contribution in [0, 0.1) is 5.92 Å². The molecule has 2 atom stereocenters. The van der Waals surface area contributed by atoms with E-state index in [9.17, 15) is 4.79 Å². The van der Waals surface area contributed by atoms with Gasteiger partial charge in [0.1, 0.15) is 5.54 Å². The summed E-state index contributed by atoms with van der Waals surface area (Å²) >= 11 is 0. The number of nitrogens with two attached hydrogens (primary N) is 1. The molecule has 18 heavy (non-hydrogen) atoms. The zero-order valence-electron chi connectivity index (χ0n) is 12.0. The Morgan fingerprint density at radius 2 is 2.22 bits per heavy atom. The van der Waals surface area contributed by atoms with Gasteiger partial charge in [-0.1, -0.05) is 6.92 Å². The van der Waals surface area contributed by atoms with Crippen LogP contribution in [-0.2, 0) is 9.53 Å². The zero-order chi connectivity index (χ0) is 13.8. The first-order valence-electron chi connectivity index (χ1n) is 6.72.